The van der Waals surface area contributed by atoms with Crippen LogP contribution >= 0.6 is 0 Å². The lowest BCUT2D eigenvalue weighted by atomic mass is 10.0. The van der Waals surface area contributed by atoms with Gasteiger partial charge in [0.05, 0.1) is 5.69 Å². The van der Waals surface area contributed by atoms with Gasteiger partial charge in [-0.1, -0.05) is 43.7 Å². The molecule has 0 aliphatic rings. The van der Waals surface area contributed by atoms with E-state index in [1.54, 1.807) is 0 Å². The third kappa shape index (κ3) is 6.16. The van der Waals surface area contributed by atoms with Crippen molar-refractivity contribution in [2.75, 3.05) is 13.2 Å². The number of hydrazone groups is 1. The van der Waals surface area contributed by atoms with Crippen LogP contribution in [0, 0.1) is 0 Å². The summed E-state index contributed by atoms with van der Waals surface area (Å²) in [7, 11) is 0. The molecule has 10 heteroatoms. The van der Waals surface area contributed by atoms with Crippen LogP contribution in [-0.4, -0.2) is 38.8 Å². The van der Waals surface area contributed by atoms with Crippen molar-refractivity contribution in [2.24, 2.45) is 16.8 Å². The number of amidine groups is 1. The Morgan fingerprint density at radius 3 is 2.50 bits per heavy atom. The number of rotatable bonds is 12. The zero-order chi connectivity index (χ0) is 24.3. The zero-order valence-corrected chi connectivity index (χ0v) is 20.1. The second-order valence-corrected chi connectivity index (χ2v) is 7.60. The molecule has 0 saturated heterocycles. The minimum atomic E-state index is -0.566. The Labute approximate surface area is 200 Å². The summed E-state index contributed by atoms with van der Waals surface area (Å²) >= 11 is 0. The lowest BCUT2D eigenvalue weighted by Gasteiger charge is -2.12. The number of hydrazine groups is 1. The molecule has 1 aromatic carbocycles. The molecule has 0 amide bonds. The molecule has 0 aliphatic carbocycles. The van der Waals surface area contributed by atoms with Crippen LogP contribution in [0.1, 0.15) is 62.7 Å². The maximum atomic E-state index is 5.70. The minimum absolute atomic E-state index is 0.385. The summed E-state index contributed by atoms with van der Waals surface area (Å²) in [5, 5.41) is 8.42. The van der Waals surface area contributed by atoms with Crippen LogP contribution in [0.3, 0.4) is 0 Å². The van der Waals surface area contributed by atoms with Gasteiger partial charge in [0.25, 0.3) is 0 Å². The van der Waals surface area contributed by atoms with Gasteiger partial charge in [-0.2, -0.15) is 10.2 Å². The molecular formula is C24H34N8O2. The normalized spacial score (nSPS) is 11.9. The van der Waals surface area contributed by atoms with E-state index in [-0.39, 0.29) is 0 Å². The van der Waals surface area contributed by atoms with Gasteiger partial charge >= 0.3 is 0 Å². The predicted octanol–water partition coefficient (Wildman–Crippen LogP) is 2.89. The fourth-order valence-corrected chi connectivity index (χ4v) is 3.58. The number of benzene rings is 1. The second-order valence-electron chi connectivity index (χ2n) is 7.60. The smallest absolute Gasteiger partial charge is 0.221 e. The Morgan fingerprint density at radius 1 is 1.12 bits per heavy atom. The first-order valence-corrected chi connectivity index (χ1v) is 11.6. The summed E-state index contributed by atoms with van der Waals surface area (Å²) in [6.45, 7) is 7.84. The van der Waals surface area contributed by atoms with Gasteiger partial charge in [-0.05, 0) is 31.9 Å². The van der Waals surface area contributed by atoms with Gasteiger partial charge in [0.2, 0.25) is 12.1 Å². The molecule has 2 aromatic heterocycles. The number of nitrogens with one attached hydrogen (secondary N) is 1. The molecule has 0 fully saturated rings. The van der Waals surface area contributed by atoms with Gasteiger partial charge in [-0.15, -0.1) is 0 Å². The molecule has 3 rings (SSSR count). The average Bonchev–Trinajstić information content (AvgIpc) is 3.26. The summed E-state index contributed by atoms with van der Waals surface area (Å²) in [5.74, 6) is 12.8. The molecule has 3 aromatic rings. The number of pyridine rings is 1. The van der Waals surface area contributed by atoms with Crippen LogP contribution < -0.4 is 17.1 Å². The van der Waals surface area contributed by atoms with Crippen LogP contribution in [0.4, 0.5) is 0 Å². The van der Waals surface area contributed by atoms with Gasteiger partial charge in [-0.25, -0.2) is 15.5 Å². The lowest BCUT2D eigenvalue weighted by Crippen LogP contribution is -2.32. The summed E-state index contributed by atoms with van der Waals surface area (Å²) < 4.78 is 13.3. The predicted molar refractivity (Wildman–Crippen MR) is 131 cm³/mol. The van der Waals surface area contributed by atoms with Crippen molar-refractivity contribution >= 4 is 5.84 Å². The van der Waals surface area contributed by atoms with E-state index in [0.717, 1.165) is 47.6 Å². The lowest BCUT2D eigenvalue weighted by molar-refractivity contribution is -0.145. The van der Waals surface area contributed by atoms with E-state index >= 15 is 0 Å². The summed E-state index contributed by atoms with van der Waals surface area (Å²) in [6.07, 6.45) is 3.95. The maximum Gasteiger partial charge on any atom is 0.221 e. The fraction of sp³-hybridized carbons (Fsp3) is 0.417. The molecular weight excluding hydrogens is 432 g/mol. The van der Waals surface area contributed by atoms with Crippen LogP contribution in [0.25, 0.3) is 11.3 Å². The molecule has 34 heavy (non-hydrogen) atoms. The highest BCUT2D eigenvalue weighted by Crippen LogP contribution is 2.23. The first-order chi connectivity index (χ1) is 16.6. The monoisotopic (exact) mass is 466 g/mol. The van der Waals surface area contributed by atoms with Crippen molar-refractivity contribution in [2.45, 2.75) is 52.9 Å². The molecule has 0 saturated carbocycles. The van der Waals surface area contributed by atoms with Crippen LogP contribution in [0.2, 0.25) is 0 Å². The third-order valence-corrected chi connectivity index (χ3v) is 5.25. The van der Waals surface area contributed by atoms with Gasteiger partial charge in [0.15, 0.2) is 5.84 Å². The standard InChI is InChI=1S/C24H34N8O2/c1-4-7-14-32-21(28-23(31-32)24(33-5-2)34-6-3)15-17-12-13-20(27-16-17)18-10-8-9-11-19(18)22(29-25)30-26/h8-13,16,24H,4-7,14-15,25-26H2,1-3H3,(H,29,30). The molecule has 5 N–H and O–H groups in total. The Bertz CT molecular complexity index is 1060. The Balaban J connectivity index is 1.86. The fourth-order valence-electron chi connectivity index (χ4n) is 3.58. The minimum Gasteiger partial charge on any atom is -0.346 e. The highest BCUT2D eigenvalue weighted by Gasteiger charge is 2.20. The molecule has 182 valence electrons. The van der Waals surface area contributed by atoms with E-state index in [1.165, 1.54) is 0 Å². The van der Waals surface area contributed by atoms with E-state index < -0.39 is 6.29 Å². The molecule has 10 nitrogen and oxygen atoms in total. The highest BCUT2D eigenvalue weighted by atomic mass is 16.7. The highest BCUT2D eigenvalue weighted by molar-refractivity contribution is 6.03. The topological polar surface area (TPSA) is 138 Å². The van der Waals surface area contributed by atoms with Gasteiger partial charge in [0.1, 0.15) is 5.82 Å². The maximum absolute atomic E-state index is 5.70. The third-order valence-electron chi connectivity index (χ3n) is 5.25. The van der Waals surface area contributed by atoms with Crippen molar-refractivity contribution in [3.05, 3.63) is 65.4 Å². The molecule has 0 spiro atoms. The zero-order valence-electron chi connectivity index (χ0n) is 20.1. The Morgan fingerprint density at radius 2 is 1.88 bits per heavy atom. The van der Waals surface area contributed by atoms with E-state index in [9.17, 15) is 0 Å². The molecule has 0 bridgehead atoms. The molecule has 0 aliphatic heterocycles. The number of nitrogens with zero attached hydrogens (tertiary/aromatic N) is 5. The van der Waals surface area contributed by atoms with E-state index in [1.807, 2.05) is 61.1 Å². The van der Waals surface area contributed by atoms with Gasteiger partial charge in [-0.3, -0.25) is 4.98 Å². The first kappa shape index (κ1) is 25.3. The van der Waals surface area contributed by atoms with Crippen molar-refractivity contribution in [1.82, 2.24) is 25.2 Å². The molecule has 2 heterocycles. The SMILES string of the molecule is CCCCn1nc(C(OCC)OCC)nc1Cc1ccc(-c2ccccc2/C(=N/N)NN)nc1. The van der Waals surface area contributed by atoms with E-state index in [0.29, 0.717) is 31.3 Å². The molecule has 0 unspecified atom stereocenters. The van der Waals surface area contributed by atoms with E-state index in [4.69, 9.17) is 26.1 Å². The van der Waals surface area contributed by atoms with Crippen LogP contribution in [-0.2, 0) is 22.4 Å². The number of nitrogens with two attached hydrogens (primary N) is 2. The number of hydrogen-bond acceptors (Lipinski definition) is 8. The molecule has 0 radical (unpaired) electrons. The number of aromatic nitrogens is 4. The number of unbranched alkanes of at least 4 members (excludes halogenated alkanes) is 1. The summed E-state index contributed by atoms with van der Waals surface area (Å²) in [5.41, 5.74) is 5.99. The van der Waals surface area contributed by atoms with Crippen molar-refractivity contribution in [1.29, 1.82) is 0 Å². The van der Waals surface area contributed by atoms with Crippen LogP contribution in [0.15, 0.2) is 47.7 Å². The average molecular weight is 467 g/mol. The largest absolute Gasteiger partial charge is 0.346 e. The summed E-state index contributed by atoms with van der Waals surface area (Å²) in [4.78, 5) is 9.44. The van der Waals surface area contributed by atoms with Crippen molar-refractivity contribution in [3.63, 3.8) is 0 Å². The Hall–Kier alpha value is -3.34. The number of ether oxygens (including phenoxy) is 2. The quantitative estimate of drug-likeness (QED) is 0.122. The van der Waals surface area contributed by atoms with Gasteiger partial charge in [0, 0.05) is 43.5 Å². The van der Waals surface area contributed by atoms with Gasteiger partial charge < -0.3 is 20.7 Å². The van der Waals surface area contributed by atoms with Crippen molar-refractivity contribution in [3.8, 4) is 11.3 Å². The second kappa shape index (κ2) is 12.8. The first-order valence-electron chi connectivity index (χ1n) is 11.6. The number of hydrogen-bond donors (Lipinski definition) is 3. The Kier molecular flexibility index (Phi) is 9.51. The summed E-state index contributed by atoms with van der Waals surface area (Å²) in [6, 6.07) is 11.7. The molecule has 0 atom stereocenters. The van der Waals surface area contributed by atoms with E-state index in [2.05, 4.69) is 27.5 Å². The van der Waals surface area contributed by atoms with Crippen LogP contribution in [0.5, 0.6) is 0 Å². The number of aryl methyl sites for hydroxylation is 1. The van der Waals surface area contributed by atoms with Crippen molar-refractivity contribution < 1.29 is 9.47 Å².